The number of aromatic nitrogens is 2. The van der Waals surface area contributed by atoms with Crippen molar-refractivity contribution < 1.29 is 24.1 Å². The van der Waals surface area contributed by atoms with Crippen LogP contribution in [-0.4, -0.2) is 64.4 Å². The number of aryl methyl sites for hydroxylation is 1. The first-order chi connectivity index (χ1) is 27.1. The predicted molar refractivity (Wildman–Crippen MR) is 219 cm³/mol. The smallest absolute Gasteiger partial charge is 0.329 e. The van der Waals surface area contributed by atoms with Crippen molar-refractivity contribution in [3.8, 4) is 17.2 Å². The van der Waals surface area contributed by atoms with Crippen LogP contribution in [0.15, 0.2) is 73.1 Å². The third-order valence-corrected chi connectivity index (χ3v) is 13.3. The second-order valence-electron chi connectivity index (χ2n) is 17.0. The number of likely N-dealkylation sites (N-methyl/N-ethyl adjacent to an activating group) is 1. The molecule has 0 saturated heterocycles. The summed E-state index contributed by atoms with van der Waals surface area (Å²) in [7, 11) is 2.11. The molecule has 4 atom stereocenters. The summed E-state index contributed by atoms with van der Waals surface area (Å²) in [5, 5.41) is 14.8. The quantitative estimate of drug-likeness (QED) is 0.146. The van der Waals surface area contributed by atoms with Gasteiger partial charge in [0.25, 0.3) is 0 Å². The number of aliphatic carboxylic acids is 1. The number of halogens is 1. The molecule has 4 aromatic rings. The van der Waals surface area contributed by atoms with Gasteiger partial charge in [-0.1, -0.05) is 37.6 Å². The second-order valence-corrected chi connectivity index (χ2v) is 17.5. The molecule has 10 heteroatoms. The Morgan fingerprint density at radius 2 is 1.91 bits per heavy atom. The summed E-state index contributed by atoms with van der Waals surface area (Å²) >= 11 is 6.33. The molecule has 1 saturated carbocycles. The number of hydrogen-bond acceptors (Lipinski definition) is 8. The lowest BCUT2D eigenvalue weighted by molar-refractivity contribution is -0.144. The fourth-order valence-corrected chi connectivity index (χ4v) is 10.4. The summed E-state index contributed by atoms with van der Waals surface area (Å²) in [6, 6.07) is 19.9. The van der Waals surface area contributed by atoms with Crippen molar-refractivity contribution in [1.82, 2.24) is 14.9 Å². The third kappa shape index (κ3) is 7.94. The zero-order valence-electron chi connectivity index (χ0n) is 32.9. The van der Waals surface area contributed by atoms with Crippen LogP contribution >= 0.6 is 11.6 Å². The van der Waals surface area contributed by atoms with Gasteiger partial charge in [0, 0.05) is 53.9 Å². The van der Waals surface area contributed by atoms with Crippen molar-refractivity contribution in [2.75, 3.05) is 32.1 Å². The highest BCUT2D eigenvalue weighted by atomic mass is 35.5. The minimum absolute atomic E-state index is 0.0390. The molecule has 0 bridgehead atoms. The van der Waals surface area contributed by atoms with Crippen LogP contribution in [0.5, 0.6) is 17.2 Å². The molecular weight excluding hydrogens is 724 g/mol. The Hall–Kier alpha value is -4.34. The number of benzene rings is 2. The number of rotatable bonds is 12. The molecule has 9 nitrogen and oxygen atoms in total. The predicted octanol–water partition coefficient (Wildman–Crippen LogP) is 9.26. The van der Waals surface area contributed by atoms with Gasteiger partial charge in [0.2, 0.25) is 0 Å². The largest absolute Gasteiger partial charge is 0.493 e. The van der Waals surface area contributed by atoms with E-state index in [1.165, 1.54) is 28.8 Å². The number of pyridine rings is 2. The Labute approximate surface area is 336 Å². The molecule has 296 valence electrons. The fourth-order valence-electron chi connectivity index (χ4n) is 10.2. The minimum atomic E-state index is -1.09. The van der Waals surface area contributed by atoms with Crippen LogP contribution in [0.2, 0.25) is 5.02 Å². The Bertz CT molecular complexity index is 2020. The van der Waals surface area contributed by atoms with Crippen molar-refractivity contribution in [1.29, 1.82) is 0 Å². The van der Waals surface area contributed by atoms with E-state index in [0.717, 1.165) is 86.7 Å². The van der Waals surface area contributed by atoms with E-state index < -0.39 is 11.5 Å². The van der Waals surface area contributed by atoms with Crippen molar-refractivity contribution in [2.45, 2.75) is 108 Å². The molecule has 3 heterocycles. The maximum Gasteiger partial charge on any atom is 0.329 e. The molecule has 1 aliphatic heterocycles. The lowest BCUT2D eigenvalue weighted by Crippen LogP contribution is -2.53. The van der Waals surface area contributed by atoms with Crippen LogP contribution in [0.4, 0.5) is 5.69 Å². The highest BCUT2D eigenvalue weighted by Gasteiger charge is 2.54. The molecule has 0 radical (unpaired) electrons. The minimum Gasteiger partial charge on any atom is -0.493 e. The van der Waals surface area contributed by atoms with Crippen LogP contribution < -0.4 is 19.5 Å². The van der Waals surface area contributed by atoms with Gasteiger partial charge in [-0.15, -0.1) is 0 Å². The Morgan fingerprint density at radius 3 is 2.70 bits per heavy atom. The molecule has 1 fully saturated rings. The van der Waals surface area contributed by atoms with Gasteiger partial charge in [-0.3, -0.25) is 14.9 Å². The number of nitrogens with zero attached hydrogens (tertiary/aromatic N) is 3. The van der Waals surface area contributed by atoms with E-state index >= 15 is 0 Å². The second kappa shape index (κ2) is 16.3. The maximum absolute atomic E-state index is 13.1. The number of hydrogen-bond donors (Lipinski definition) is 2. The summed E-state index contributed by atoms with van der Waals surface area (Å²) in [6.07, 6.45) is 12.2. The Balaban J connectivity index is 1.05. The number of nitrogens with one attached hydrogen (secondary N) is 1. The van der Waals surface area contributed by atoms with Crippen LogP contribution in [0.1, 0.15) is 99.2 Å². The number of carbonyl (C=O) groups is 1. The normalized spacial score (nSPS) is 25.9. The van der Waals surface area contributed by atoms with E-state index in [9.17, 15) is 9.90 Å². The molecule has 4 aliphatic rings. The van der Waals surface area contributed by atoms with Crippen LogP contribution in [0.3, 0.4) is 0 Å². The van der Waals surface area contributed by atoms with Crippen LogP contribution in [0, 0.1) is 11.8 Å². The van der Waals surface area contributed by atoms with Gasteiger partial charge in [0.1, 0.15) is 17.4 Å². The summed E-state index contributed by atoms with van der Waals surface area (Å²) in [5.41, 5.74) is 5.50. The van der Waals surface area contributed by atoms with Gasteiger partial charge < -0.3 is 24.6 Å². The average molecular weight is 779 g/mol. The average Bonchev–Trinajstić information content (AvgIpc) is 3.30. The maximum atomic E-state index is 13.1. The highest BCUT2D eigenvalue weighted by Crippen LogP contribution is 2.58. The van der Waals surface area contributed by atoms with Crippen LogP contribution in [-0.2, 0) is 29.6 Å². The zero-order valence-corrected chi connectivity index (χ0v) is 33.7. The van der Waals surface area contributed by atoms with E-state index in [-0.39, 0.29) is 17.4 Å². The lowest BCUT2D eigenvalue weighted by Gasteiger charge is -2.47. The molecule has 56 heavy (non-hydrogen) atoms. The number of fused-ring (bicyclic) bond motifs is 4. The molecule has 0 amide bonds. The number of carboxylic acids is 1. The van der Waals surface area contributed by atoms with Crippen molar-refractivity contribution >= 4 is 23.3 Å². The molecule has 8 rings (SSSR count). The molecule has 3 aliphatic carbocycles. The first kappa shape index (κ1) is 38.5. The van der Waals surface area contributed by atoms with Gasteiger partial charge in [-0.2, -0.15) is 0 Å². The van der Waals surface area contributed by atoms with Gasteiger partial charge in [0.05, 0.1) is 18.9 Å². The first-order valence-corrected chi connectivity index (χ1v) is 20.9. The topological polar surface area (TPSA) is 106 Å². The first-order valence-electron chi connectivity index (χ1n) is 20.5. The highest BCUT2D eigenvalue weighted by molar-refractivity contribution is 6.30. The molecule has 1 spiro atoms. The van der Waals surface area contributed by atoms with Gasteiger partial charge in [0.15, 0.2) is 11.5 Å². The molecule has 2 unspecified atom stereocenters. The standard InChI is InChI=1S/C46H55ClN4O5/c1-30(29-55-40-13-20-49-39-12-6-8-31(2)43(39)40)22-33-23-32-24-41-42(56-37(14-21-54-41)28-51(3)27-36-10-4-5-19-48-36)26-38(32)45(33)15-17-46(18-16-45,44(52)53)50-35-11-7-9-34(47)25-35/h4-5,7,9-11,13,19-20,24-26,30-31,33,37,50H,6,8,12,14-18,21-23,27-29H2,1-3H3,(H,52,53)/t30-,31-,33?,37?,45?,46?/m1/s1. The Kier molecular flexibility index (Phi) is 11.2. The molecular formula is C46H55ClN4O5. The van der Waals surface area contributed by atoms with Crippen molar-refractivity contribution in [3.05, 3.63) is 106 Å². The Morgan fingerprint density at radius 1 is 1.05 bits per heavy atom. The van der Waals surface area contributed by atoms with E-state index in [2.05, 4.69) is 54.3 Å². The summed E-state index contributed by atoms with van der Waals surface area (Å²) in [4.78, 5) is 24.6. The number of carboxylic acid groups (broad SMARTS) is 1. The van der Waals surface area contributed by atoms with Crippen molar-refractivity contribution in [3.63, 3.8) is 0 Å². The van der Waals surface area contributed by atoms with E-state index in [1.807, 2.05) is 54.9 Å². The van der Waals surface area contributed by atoms with Gasteiger partial charge in [-0.25, -0.2) is 4.79 Å². The van der Waals surface area contributed by atoms with Crippen molar-refractivity contribution in [2.24, 2.45) is 11.8 Å². The van der Waals surface area contributed by atoms with E-state index in [1.54, 1.807) is 0 Å². The zero-order chi connectivity index (χ0) is 38.9. The van der Waals surface area contributed by atoms with E-state index in [0.29, 0.717) is 42.9 Å². The van der Waals surface area contributed by atoms with Gasteiger partial charge >= 0.3 is 5.97 Å². The third-order valence-electron chi connectivity index (χ3n) is 13.0. The number of ether oxygens (including phenoxy) is 3. The van der Waals surface area contributed by atoms with E-state index in [4.69, 9.17) is 30.8 Å². The summed E-state index contributed by atoms with van der Waals surface area (Å²) in [6.45, 7) is 7.28. The number of anilines is 1. The molecule has 2 aromatic carbocycles. The van der Waals surface area contributed by atoms with Gasteiger partial charge in [-0.05, 0) is 148 Å². The summed E-state index contributed by atoms with van der Waals surface area (Å²) in [5.74, 6) is 2.80. The van der Waals surface area contributed by atoms with Crippen LogP contribution in [0.25, 0.3) is 0 Å². The monoisotopic (exact) mass is 778 g/mol. The molecule has 2 aromatic heterocycles. The summed E-state index contributed by atoms with van der Waals surface area (Å²) < 4.78 is 19.8. The fraction of sp³-hybridized carbons (Fsp3) is 0.500. The lowest BCUT2D eigenvalue weighted by atomic mass is 9.59. The SMILES string of the molecule is C[C@@H](COc1ccnc2c1[C@H](C)CCC2)CC1Cc2cc3c(cc2C12CCC(Nc1cccc(Cl)c1)(C(=O)O)CC2)OC(CN(C)Cc1ccccn1)CCO3. The molecule has 2 N–H and O–H groups in total.